The third kappa shape index (κ3) is 22.6. The molecule has 0 atom stereocenters. The molecule has 0 spiro atoms. The topological polar surface area (TPSA) is 92.7 Å². The summed E-state index contributed by atoms with van der Waals surface area (Å²) in [5.74, 6) is 0. The van der Waals surface area contributed by atoms with E-state index in [4.69, 9.17) is 5.26 Å². The third-order valence-electron chi connectivity index (χ3n) is 0.192. The normalized spacial score (nSPS) is 6.75. The van der Waals surface area contributed by atoms with E-state index in [9.17, 15) is 4.79 Å². The Morgan fingerprint density at radius 1 is 0.917 bits per heavy atom. The molecule has 0 aliphatic rings. The predicted molar refractivity (Wildman–Crippen MR) is 15.2 cm³/mol. The van der Waals surface area contributed by atoms with Crippen molar-refractivity contribution in [2.45, 2.75) is 0 Å². The molecule has 0 aliphatic carbocycles. The van der Waals surface area contributed by atoms with E-state index in [0.29, 0.717) is 0 Å². The van der Waals surface area contributed by atoms with Crippen molar-refractivity contribution in [2.75, 3.05) is 0 Å². The van der Waals surface area contributed by atoms with Crippen LogP contribution in [0.5, 0.6) is 0 Å². The van der Waals surface area contributed by atoms with Crippen molar-refractivity contribution in [3.8, 4) is 0 Å². The van der Waals surface area contributed by atoms with E-state index in [1.807, 2.05) is 0 Å². The van der Waals surface area contributed by atoms with E-state index in [-0.39, 0.29) is 85.1 Å². The summed E-state index contributed by atoms with van der Waals surface area (Å²) in [4.78, 5) is 12.7. The Bertz CT molecular complexity index is 69.3. The van der Waals surface area contributed by atoms with Crippen LogP contribution in [0.2, 0.25) is 0 Å². The summed E-state index contributed by atoms with van der Waals surface area (Å²) in [5, 5.41) is 23.4. The Hall–Kier alpha value is 1.88. The fraction of sp³-hybridized carbons (Fsp3) is 0. The van der Waals surface area contributed by atoms with Gasteiger partial charge in [-0.15, -0.1) is 0 Å². The van der Waals surface area contributed by atoms with Crippen LogP contribution in [0.15, 0.2) is 0 Å². The first-order valence-electron chi connectivity index (χ1n) is 1.49. The molecule has 0 saturated carbocycles. The van der Waals surface area contributed by atoms with Crippen LogP contribution >= 0.6 is 0 Å². The van der Waals surface area contributed by atoms with Crippen molar-refractivity contribution in [1.82, 2.24) is 0 Å². The zero-order valence-corrected chi connectivity index (χ0v) is 12.8. The van der Waals surface area contributed by atoms with Crippen molar-refractivity contribution >= 4 is 6.47 Å². The molecule has 0 rings (SSSR count). The van der Waals surface area contributed by atoms with Gasteiger partial charge in [0.15, 0.2) is 0 Å². The zero-order chi connectivity index (χ0) is 6.95. The molecule has 0 aliphatic heterocycles. The van der Waals surface area contributed by atoms with Gasteiger partial charge in [0.2, 0.25) is 0 Å². The van der Waals surface area contributed by atoms with Crippen LogP contribution in [0, 0.1) is 0 Å². The Kier molecular flexibility index (Phi) is 45.3. The first kappa shape index (κ1) is 23.6. The number of carbonyl (C=O) groups excluding carboxylic acids is 1. The van der Waals surface area contributed by atoms with E-state index in [1.165, 1.54) is 0 Å². The SMILES string of the molecule is O=COOOOOOO.[Zr].[Zr].[Zr]. The molecule has 0 fully saturated rings. The molecule has 0 aromatic heterocycles. The molecule has 0 heterocycles. The van der Waals surface area contributed by atoms with E-state index in [1.54, 1.807) is 0 Å². The largest absolute Gasteiger partial charge is 0.334 e. The predicted octanol–water partition coefficient (Wildman–Crippen LogP) is -0.717. The van der Waals surface area contributed by atoms with Crippen LogP contribution in [-0.2, 0) is 113 Å². The molecule has 66 valence electrons. The fourth-order valence-electron chi connectivity index (χ4n) is 0.0672. The summed E-state index contributed by atoms with van der Waals surface area (Å²) in [7, 11) is 0. The van der Waals surface area contributed by atoms with Gasteiger partial charge in [0.1, 0.15) is 0 Å². The summed E-state index contributed by atoms with van der Waals surface area (Å²) >= 11 is 0. The van der Waals surface area contributed by atoms with Gasteiger partial charge >= 0.3 is 6.47 Å². The standard InChI is InChI=1S/CH2O8.3Zr/c2-1-4-6-8-9-7-5-3;;;/h1,3H;;;. The van der Waals surface area contributed by atoms with Gasteiger partial charge < -0.3 is 0 Å². The molecule has 0 aromatic carbocycles. The van der Waals surface area contributed by atoms with Crippen LogP contribution in [-0.4, -0.2) is 11.7 Å². The van der Waals surface area contributed by atoms with Crippen LogP contribution in [0.1, 0.15) is 0 Å². The van der Waals surface area contributed by atoms with E-state index >= 15 is 0 Å². The van der Waals surface area contributed by atoms with Crippen molar-refractivity contribution in [3.63, 3.8) is 0 Å². The summed E-state index contributed by atoms with van der Waals surface area (Å²) in [6.45, 7) is -0.0802. The fourth-order valence-corrected chi connectivity index (χ4v) is 0.0672. The molecule has 0 amide bonds. The minimum absolute atomic E-state index is 0. The summed E-state index contributed by atoms with van der Waals surface area (Å²) in [6, 6.07) is 0. The van der Waals surface area contributed by atoms with Crippen LogP contribution in [0.25, 0.3) is 0 Å². The monoisotopic (exact) mass is 412 g/mol. The van der Waals surface area contributed by atoms with Gasteiger partial charge in [0, 0.05) is 93.7 Å². The maximum atomic E-state index is 9.23. The molecule has 0 aromatic rings. The van der Waals surface area contributed by atoms with Crippen molar-refractivity contribution in [1.29, 1.82) is 0 Å². The second kappa shape index (κ2) is 23.1. The molecule has 8 nitrogen and oxygen atoms in total. The Labute approximate surface area is 124 Å². The van der Waals surface area contributed by atoms with Gasteiger partial charge in [-0.2, -0.15) is 0 Å². The Balaban J connectivity index is -0.000000107. The third-order valence-corrected chi connectivity index (χ3v) is 0.192. The van der Waals surface area contributed by atoms with Crippen molar-refractivity contribution in [2.24, 2.45) is 0 Å². The summed E-state index contributed by atoms with van der Waals surface area (Å²) in [6.07, 6.45) is 0. The maximum absolute atomic E-state index is 9.23. The van der Waals surface area contributed by atoms with Crippen LogP contribution in [0.4, 0.5) is 0 Å². The molecule has 11 heteroatoms. The summed E-state index contributed by atoms with van der Waals surface area (Å²) < 4.78 is 0. The first-order chi connectivity index (χ1) is 4.41. The van der Waals surface area contributed by atoms with E-state index < -0.39 is 0 Å². The van der Waals surface area contributed by atoms with Gasteiger partial charge in [0.05, 0.1) is 0 Å². The van der Waals surface area contributed by atoms with E-state index in [0.717, 1.165) is 0 Å². The Morgan fingerprint density at radius 3 is 1.83 bits per heavy atom. The smallest absolute Gasteiger partial charge is 0.270 e. The minimum atomic E-state index is -0.0802. The van der Waals surface area contributed by atoms with Crippen molar-refractivity contribution < 1.29 is 119 Å². The molecule has 0 saturated heterocycles. The maximum Gasteiger partial charge on any atom is 0.334 e. The molecular weight excluding hydrogens is 414 g/mol. The van der Waals surface area contributed by atoms with Gasteiger partial charge in [-0.25, -0.2) is 5.26 Å². The molecule has 0 bridgehead atoms. The second-order valence-corrected chi connectivity index (χ2v) is 0.539. The average Bonchev–Trinajstić information content (AvgIpc) is 1.89. The van der Waals surface area contributed by atoms with Gasteiger partial charge in [-0.05, 0) is 10.1 Å². The number of carbonyl (C=O) groups is 1. The van der Waals surface area contributed by atoms with Gasteiger partial charge in [-0.3, -0.25) is 9.68 Å². The minimum Gasteiger partial charge on any atom is -0.270 e. The average molecular weight is 416 g/mol. The van der Waals surface area contributed by atoms with Gasteiger partial charge in [-0.1, -0.05) is 0 Å². The number of hydrogen-bond donors (Lipinski definition) is 1. The molecule has 12 heavy (non-hydrogen) atoms. The number of rotatable bonds is 6. The quantitative estimate of drug-likeness (QED) is 0.263. The molecule has 0 radical (unpaired) electrons. The molecular formula is CH2O8Zr3. The second-order valence-electron chi connectivity index (χ2n) is 0.539. The van der Waals surface area contributed by atoms with Gasteiger partial charge in [0.25, 0.3) is 0 Å². The first-order valence-corrected chi connectivity index (χ1v) is 1.49. The van der Waals surface area contributed by atoms with E-state index in [2.05, 4.69) is 30.1 Å². The summed E-state index contributed by atoms with van der Waals surface area (Å²) in [5.41, 5.74) is 0. The Morgan fingerprint density at radius 2 is 1.42 bits per heavy atom. The van der Waals surface area contributed by atoms with Crippen LogP contribution < -0.4 is 0 Å². The van der Waals surface area contributed by atoms with Crippen LogP contribution in [0.3, 0.4) is 0 Å². The zero-order valence-electron chi connectivity index (χ0n) is 5.38. The van der Waals surface area contributed by atoms with Crippen molar-refractivity contribution in [3.05, 3.63) is 0 Å². The molecule has 1 N–H and O–H groups in total. The number of hydrogen-bond acceptors (Lipinski definition) is 8. The molecule has 0 unspecified atom stereocenters.